The van der Waals surface area contributed by atoms with Gasteiger partial charge in [0.25, 0.3) is 0 Å². The van der Waals surface area contributed by atoms with Crippen LogP contribution in [0.25, 0.3) is 0 Å². The van der Waals surface area contributed by atoms with Gasteiger partial charge in [0.2, 0.25) is 5.95 Å². The molecule has 1 atom stereocenters. The molecule has 1 aromatic rings. The summed E-state index contributed by atoms with van der Waals surface area (Å²) in [5.74, 6) is 0.102. The van der Waals surface area contributed by atoms with E-state index in [1.807, 2.05) is 0 Å². The standard InChI is InChI=1S/C8H9FN2O/c9-7-2-1-6-8(11-7)5(10)3-4-12-6/h1-2,5H,3-4,10H2. The van der Waals surface area contributed by atoms with Crippen molar-refractivity contribution in [3.8, 4) is 5.75 Å². The minimum Gasteiger partial charge on any atom is -0.492 e. The topological polar surface area (TPSA) is 48.1 Å². The lowest BCUT2D eigenvalue weighted by atomic mass is 10.1. The zero-order valence-corrected chi connectivity index (χ0v) is 6.46. The minimum atomic E-state index is -0.505. The van der Waals surface area contributed by atoms with E-state index >= 15 is 0 Å². The molecule has 0 bridgehead atoms. The Morgan fingerprint density at radius 2 is 2.42 bits per heavy atom. The summed E-state index contributed by atoms with van der Waals surface area (Å²) in [5, 5.41) is 0. The molecule has 0 radical (unpaired) electrons. The van der Waals surface area contributed by atoms with E-state index in [2.05, 4.69) is 4.98 Å². The fourth-order valence-electron chi connectivity index (χ4n) is 1.26. The molecule has 1 unspecified atom stereocenters. The highest BCUT2D eigenvalue weighted by molar-refractivity contribution is 5.31. The van der Waals surface area contributed by atoms with Gasteiger partial charge in [0.15, 0.2) is 0 Å². The number of fused-ring (bicyclic) bond motifs is 1. The number of halogens is 1. The third-order valence-corrected chi connectivity index (χ3v) is 1.89. The number of hydrogen-bond acceptors (Lipinski definition) is 3. The SMILES string of the molecule is NC1CCOc2ccc(F)nc21. The summed E-state index contributed by atoms with van der Waals surface area (Å²) in [6, 6.07) is 2.65. The third-order valence-electron chi connectivity index (χ3n) is 1.89. The molecular weight excluding hydrogens is 159 g/mol. The number of pyridine rings is 1. The Labute approximate surface area is 69.4 Å². The van der Waals surface area contributed by atoms with Crippen molar-refractivity contribution in [3.63, 3.8) is 0 Å². The molecule has 0 amide bonds. The Kier molecular flexibility index (Phi) is 1.69. The number of nitrogens with two attached hydrogens (primary N) is 1. The van der Waals surface area contributed by atoms with Gasteiger partial charge >= 0.3 is 0 Å². The average molecular weight is 168 g/mol. The monoisotopic (exact) mass is 168 g/mol. The van der Waals surface area contributed by atoms with Crippen LogP contribution in [0, 0.1) is 5.95 Å². The fourth-order valence-corrected chi connectivity index (χ4v) is 1.26. The van der Waals surface area contributed by atoms with Crippen molar-refractivity contribution in [2.45, 2.75) is 12.5 Å². The van der Waals surface area contributed by atoms with Crippen LogP contribution in [-0.2, 0) is 0 Å². The van der Waals surface area contributed by atoms with Crippen molar-refractivity contribution in [2.24, 2.45) is 5.73 Å². The summed E-state index contributed by atoms with van der Waals surface area (Å²) in [4.78, 5) is 3.68. The van der Waals surface area contributed by atoms with Crippen molar-refractivity contribution < 1.29 is 9.13 Å². The highest BCUT2D eigenvalue weighted by Crippen LogP contribution is 2.28. The van der Waals surface area contributed by atoms with Gasteiger partial charge in [0.1, 0.15) is 11.4 Å². The van der Waals surface area contributed by atoms with E-state index in [-0.39, 0.29) is 6.04 Å². The van der Waals surface area contributed by atoms with Gasteiger partial charge in [0.05, 0.1) is 12.6 Å². The molecule has 1 aliphatic heterocycles. The molecule has 0 fully saturated rings. The molecule has 0 saturated heterocycles. The molecule has 0 aliphatic carbocycles. The Hall–Kier alpha value is -1.16. The van der Waals surface area contributed by atoms with Crippen LogP contribution in [0.3, 0.4) is 0 Å². The summed E-state index contributed by atoms with van der Waals surface area (Å²) < 4.78 is 17.9. The Morgan fingerprint density at radius 3 is 3.25 bits per heavy atom. The molecule has 0 aromatic carbocycles. The van der Waals surface area contributed by atoms with Crippen LogP contribution in [0.2, 0.25) is 0 Å². The van der Waals surface area contributed by atoms with E-state index in [0.717, 1.165) is 0 Å². The zero-order chi connectivity index (χ0) is 8.55. The average Bonchev–Trinajstić information content (AvgIpc) is 2.07. The molecule has 2 N–H and O–H groups in total. The van der Waals surface area contributed by atoms with E-state index in [1.165, 1.54) is 6.07 Å². The molecule has 12 heavy (non-hydrogen) atoms. The number of rotatable bonds is 0. The van der Waals surface area contributed by atoms with Crippen LogP contribution in [0.5, 0.6) is 5.75 Å². The molecule has 0 saturated carbocycles. The molecule has 64 valence electrons. The molecule has 4 heteroatoms. The second kappa shape index (κ2) is 2.71. The van der Waals surface area contributed by atoms with Gasteiger partial charge in [-0.3, -0.25) is 0 Å². The molecule has 3 nitrogen and oxygen atoms in total. The number of hydrogen-bond donors (Lipinski definition) is 1. The quantitative estimate of drug-likeness (QED) is 0.588. The second-order valence-electron chi connectivity index (χ2n) is 2.76. The Balaban J connectivity index is 2.47. The lowest BCUT2D eigenvalue weighted by Crippen LogP contribution is -2.22. The first-order valence-electron chi connectivity index (χ1n) is 3.82. The third kappa shape index (κ3) is 1.14. The van der Waals surface area contributed by atoms with Crippen LogP contribution in [0.4, 0.5) is 4.39 Å². The summed E-state index contributed by atoms with van der Waals surface area (Å²) >= 11 is 0. The molecule has 2 heterocycles. The first kappa shape index (κ1) is 7.49. The van der Waals surface area contributed by atoms with Crippen molar-refractivity contribution in [1.29, 1.82) is 0 Å². The normalized spacial score (nSPS) is 21.3. The second-order valence-corrected chi connectivity index (χ2v) is 2.76. The summed E-state index contributed by atoms with van der Waals surface area (Å²) in [6.07, 6.45) is 0.698. The maximum absolute atomic E-state index is 12.6. The van der Waals surface area contributed by atoms with Crippen LogP contribution in [0.15, 0.2) is 12.1 Å². The van der Waals surface area contributed by atoms with Gasteiger partial charge in [-0.05, 0) is 12.1 Å². The van der Waals surface area contributed by atoms with Crippen LogP contribution in [0.1, 0.15) is 18.2 Å². The number of ether oxygens (including phenoxy) is 1. The van der Waals surface area contributed by atoms with Gasteiger partial charge in [-0.1, -0.05) is 0 Å². The highest BCUT2D eigenvalue weighted by Gasteiger charge is 2.19. The maximum atomic E-state index is 12.6. The van der Waals surface area contributed by atoms with Crippen molar-refractivity contribution in [2.75, 3.05) is 6.61 Å². The van der Waals surface area contributed by atoms with Crippen molar-refractivity contribution >= 4 is 0 Å². The van der Waals surface area contributed by atoms with Gasteiger partial charge in [-0.25, -0.2) is 4.98 Å². The predicted octanol–water partition coefficient (Wildman–Crippen LogP) is 1.00. The molecule has 1 aromatic heterocycles. The van der Waals surface area contributed by atoms with Gasteiger partial charge in [-0.2, -0.15) is 4.39 Å². The predicted molar refractivity (Wildman–Crippen MR) is 41.2 cm³/mol. The number of nitrogens with zero attached hydrogens (tertiary/aromatic N) is 1. The highest BCUT2D eigenvalue weighted by atomic mass is 19.1. The smallest absolute Gasteiger partial charge is 0.213 e. The van der Waals surface area contributed by atoms with E-state index in [1.54, 1.807) is 6.07 Å². The van der Waals surface area contributed by atoms with Crippen LogP contribution < -0.4 is 10.5 Å². The molecular formula is C8H9FN2O. The molecule has 0 spiro atoms. The minimum absolute atomic E-state index is 0.190. The van der Waals surface area contributed by atoms with Crippen molar-refractivity contribution in [1.82, 2.24) is 4.98 Å². The fraction of sp³-hybridized carbons (Fsp3) is 0.375. The molecule has 1 aliphatic rings. The summed E-state index contributed by atoms with van der Waals surface area (Å²) in [6.45, 7) is 0.585. The van der Waals surface area contributed by atoms with Gasteiger partial charge in [0, 0.05) is 6.42 Å². The van der Waals surface area contributed by atoms with Crippen LogP contribution in [-0.4, -0.2) is 11.6 Å². The van der Waals surface area contributed by atoms with Crippen LogP contribution >= 0.6 is 0 Å². The van der Waals surface area contributed by atoms with Gasteiger partial charge < -0.3 is 10.5 Å². The maximum Gasteiger partial charge on any atom is 0.213 e. The van der Waals surface area contributed by atoms with Gasteiger partial charge in [-0.15, -0.1) is 0 Å². The van der Waals surface area contributed by atoms with E-state index in [0.29, 0.717) is 24.5 Å². The largest absolute Gasteiger partial charge is 0.492 e. The summed E-state index contributed by atoms with van der Waals surface area (Å²) in [5.41, 5.74) is 6.24. The molecule has 2 rings (SSSR count). The van der Waals surface area contributed by atoms with E-state index in [4.69, 9.17) is 10.5 Å². The van der Waals surface area contributed by atoms with E-state index < -0.39 is 5.95 Å². The zero-order valence-electron chi connectivity index (χ0n) is 6.46. The lowest BCUT2D eigenvalue weighted by Gasteiger charge is -2.21. The lowest BCUT2D eigenvalue weighted by molar-refractivity contribution is 0.262. The first-order valence-corrected chi connectivity index (χ1v) is 3.82. The van der Waals surface area contributed by atoms with Crippen molar-refractivity contribution in [3.05, 3.63) is 23.8 Å². The summed E-state index contributed by atoms with van der Waals surface area (Å²) in [7, 11) is 0. The number of aromatic nitrogens is 1. The first-order chi connectivity index (χ1) is 5.77. The Bertz CT molecular complexity index is 303. The van der Waals surface area contributed by atoms with E-state index in [9.17, 15) is 4.39 Å². The Morgan fingerprint density at radius 1 is 1.58 bits per heavy atom.